The molecule has 0 aliphatic carbocycles. The Morgan fingerprint density at radius 2 is 2.12 bits per heavy atom. The van der Waals surface area contributed by atoms with Crippen LogP contribution in [-0.4, -0.2) is 19.6 Å². The Morgan fingerprint density at radius 1 is 1.25 bits per heavy atom. The van der Waals surface area contributed by atoms with E-state index < -0.39 is 0 Å². The van der Waals surface area contributed by atoms with Crippen molar-refractivity contribution < 1.29 is 0 Å². The van der Waals surface area contributed by atoms with Crippen molar-refractivity contribution in [1.29, 1.82) is 0 Å². The molecule has 3 rings (SSSR count). The van der Waals surface area contributed by atoms with Crippen LogP contribution in [0.3, 0.4) is 0 Å². The zero-order valence-electron chi connectivity index (χ0n) is 7.76. The minimum Gasteiger partial charge on any atom is -0.199 e. The van der Waals surface area contributed by atoms with Crippen LogP contribution in [0.5, 0.6) is 0 Å². The molecule has 0 amide bonds. The second-order valence-electron chi connectivity index (χ2n) is 3.03. The van der Waals surface area contributed by atoms with Gasteiger partial charge in [0, 0.05) is 6.07 Å². The fraction of sp³-hybridized carbons (Fsp3) is 0. The smallest absolute Gasteiger partial charge is 0.199 e. The van der Waals surface area contributed by atoms with Gasteiger partial charge in [0.1, 0.15) is 10.3 Å². The van der Waals surface area contributed by atoms with Crippen molar-refractivity contribution in [3.8, 4) is 10.7 Å². The normalized spacial score (nSPS) is 11.1. The van der Waals surface area contributed by atoms with Gasteiger partial charge in [-0.2, -0.15) is 14.5 Å². The minimum absolute atomic E-state index is 0.308. The third-order valence-electron chi connectivity index (χ3n) is 1.98. The lowest BCUT2D eigenvalue weighted by Gasteiger charge is -1.93. The van der Waals surface area contributed by atoms with Crippen molar-refractivity contribution >= 4 is 40.3 Å². The zero-order chi connectivity index (χ0) is 11.1. The highest BCUT2D eigenvalue weighted by molar-refractivity contribution is 7.13. The van der Waals surface area contributed by atoms with E-state index in [9.17, 15) is 0 Å². The Kier molecular flexibility index (Phi) is 2.31. The van der Waals surface area contributed by atoms with Gasteiger partial charge in [0.15, 0.2) is 5.82 Å². The Hall–Kier alpha value is -1.17. The quantitative estimate of drug-likeness (QED) is 0.638. The summed E-state index contributed by atoms with van der Waals surface area (Å²) in [5.74, 6) is 1.01. The van der Waals surface area contributed by atoms with E-state index in [4.69, 9.17) is 23.2 Å². The molecule has 0 fully saturated rings. The van der Waals surface area contributed by atoms with Crippen LogP contribution in [0.4, 0.5) is 0 Å². The molecule has 3 heterocycles. The standard InChI is InChI=1S/C9H4Cl2N4S/c10-6-4-7(11)15-9(12-6)13-8(14-15)5-2-1-3-16-5/h1-4H. The molecule has 0 saturated carbocycles. The molecule has 7 heteroatoms. The Balaban J connectivity index is 2.27. The molecule has 0 bridgehead atoms. The third kappa shape index (κ3) is 1.57. The summed E-state index contributed by atoms with van der Waals surface area (Å²) in [6.45, 7) is 0. The monoisotopic (exact) mass is 270 g/mol. The molecule has 3 aromatic heterocycles. The summed E-state index contributed by atoms with van der Waals surface area (Å²) in [5, 5.41) is 6.92. The van der Waals surface area contributed by atoms with E-state index in [1.54, 1.807) is 11.3 Å². The van der Waals surface area contributed by atoms with Gasteiger partial charge in [-0.15, -0.1) is 16.4 Å². The number of halogens is 2. The van der Waals surface area contributed by atoms with Crippen LogP contribution in [-0.2, 0) is 0 Å². The molecular formula is C9H4Cl2N4S. The first-order valence-corrected chi connectivity index (χ1v) is 6.00. The van der Waals surface area contributed by atoms with Crippen LogP contribution in [0.15, 0.2) is 23.6 Å². The SMILES string of the molecule is Clc1cc(Cl)n2nc(-c3cccs3)nc2n1. The maximum Gasteiger partial charge on any atom is 0.255 e. The molecule has 80 valence electrons. The predicted octanol–water partition coefficient (Wildman–Crippen LogP) is 3.16. The molecule has 3 aromatic rings. The zero-order valence-corrected chi connectivity index (χ0v) is 10.1. The largest absolute Gasteiger partial charge is 0.255 e. The average Bonchev–Trinajstić information content (AvgIpc) is 2.82. The number of hydrogen-bond acceptors (Lipinski definition) is 4. The second-order valence-corrected chi connectivity index (χ2v) is 4.75. The molecule has 16 heavy (non-hydrogen) atoms. The fourth-order valence-electron chi connectivity index (χ4n) is 1.32. The van der Waals surface area contributed by atoms with E-state index in [0.29, 0.717) is 21.9 Å². The maximum atomic E-state index is 5.98. The molecule has 0 aliphatic rings. The topological polar surface area (TPSA) is 43.1 Å². The first kappa shape index (κ1) is 10.0. The molecule has 0 spiro atoms. The number of rotatable bonds is 1. The summed E-state index contributed by atoms with van der Waals surface area (Å²) in [7, 11) is 0. The lowest BCUT2D eigenvalue weighted by Crippen LogP contribution is -1.92. The van der Waals surface area contributed by atoms with Gasteiger partial charge in [0.25, 0.3) is 5.78 Å². The molecule has 0 radical (unpaired) electrons. The highest BCUT2D eigenvalue weighted by atomic mass is 35.5. The Morgan fingerprint density at radius 3 is 2.88 bits per heavy atom. The molecule has 0 aromatic carbocycles. The van der Waals surface area contributed by atoms with Crippen molar-refractivity contribution in [3.05, 3.63) is 33.9 Å². The molecule has 0 N–H and O–H groups in total. The van der Waals surface area contributed by atoms with E-state index in [1.807, 2.05) is 17.5 Å². The maximum absolute atomic E-state index is 5.98. The summed E-state index contributed by atoms with van der Waals surface area (Å²) < 4.78 is 1.46. The van der Waals surface area contributed by atoms with Gasteiger partial charge in [-0.3, -0.25) is 0 Å². The average molecular weight is 271 g/mol. The summed E-state index contributed by atoms with van der Waals surface area (Å²) in [6.07, 6.45) is 0. The Bertz CT molecular complexity index is 647. The van der Waals surface area contributed by atoms with Crippen molar-refractivity contribution in [2.45, 2.75) is 0 Å². The van der Waals surface area contributed by atoms with Crippen molar-refractivity contribution in [3.63, 3.8) is 0 Å². The second kappa shape index (κ2) is 3.69. The van der Waals surface area contributed by atoms with Crippen LogP contribution in [0.2, 0.25) is 10.3 Å². The van der Waals surface area contributed by atoms with Gasteiger partial charge in [-0.25, -0.2) is 0 Å². The van der Waals surface area contributed by atoms with Crippen LogP contribution in [0.1, 0.15) is 0 Å². The molecule has 0 aliphatic heterocycles. The first-order valence-electron chi connectivity index (χ1n) is 4.37. The molecule has 4 nitrogen and oxygen atoms in total. The number of fused-ring (bicyclic) bond motifs is 1. The Labute approximate surface area is 104 Å². The molecule has 0 atom stereocenters. The van der Waals surface area contributed by atoms with E-state index >= 15 is 0 Å². The van der Waals surface area contributed by atoms with Crippen molar-refractivity contribution in [2.24, 2.45) is 0 Å². The van der Waals surface area contributed by atoms with Crippen LogP contribution < -0.4 is 0 Å². The van der Waals surface area contributed by atoms with Crippen LogP contribution in [0.25, 0.3) is 16.5 Å². The first-order chi connectivity index (χ1) is 7.74. The van der Waals surface area contributed by atoms with Gasteiger partial charge in [-0.05, 0) is 11.4 Å². The van der Waals surface area contributed by atoms with E-state index in [0.717, 1.165) is 4.88 Å². The number of hydrogen-bond donors (Lipinski definition) is 0. The van der Waals surface area contributed by atoms with Gasteiger partial charge in [0.2, 0.25) is 0 Å². The van der Waals surface area contributed by atoms with Crippen molar-refractivity contribution in [1.82, 2.24) is 19.6 Å². The van der Waals surface area contributed by atoms with Gasteiger partial charge in [0.05, 0.1) is 4.88 Å². The van der Waals surface area contributed by atoms with E-state index in [1.165, 1.54) is 10.6 Å². The molecule has 0 saturated heterocycles. The highest BCUT2D eigenvalue weighted by Gasteiger charge is 2.11. The van der Waals surface area contributed by atoms with Crippen LogP contribution in [0, 0.1) is 0 Å². The third-order valence-corrected chi connectivity index (χ3v) is 3.31. The molecular weight excluding hydrogens is 267 g/mol. The summed E-state index contributed by atoms with van der Waals surface area (Å²) in [4.78, 5) is 9.27. The molecule has 0 unspecified atom stereocenters. The lowest BCUT2D eigenvalue weighted by atomic mass is 10.4. The van der Waals surface area contributed by atoms with E-state index in [-0.39, 0.29) is 0 Å². The number of aromatic nitrogens is 4. The highest BCUT2D eigenvalue weighted by Crippen LogP contribution is 2.23. The number of nitrogens with zero attached hydrogens (tertiary/aromatic N) is 4. The fourth-order valence-corrected chi connectivity index (χ4v) is 2.42. The van der Waals surface area contributed by atoms with E-state index in [2.05, 4.69) is 15.1 Å². The van der Waals surface area contributed by atoms with Crippen LogP contribution >= 0.6 is 34.5 Å². The van der Waals surface area contributed by atoms with Crippen molar-refractivity contribution in [2.75, 3.05) is 0 Å². The summed E-state index contributed by atoms with van der Waals surface area (Å²) in [5.41, 5.74) is 0. The number of thiophene rings is 1. The summed E-state index contributed by atoms with van der Waals surface area (Å²) in [6, 6.07) is 5.41. The summed E-state index contributed by atoms with van der Waals surface area (Å²) >= 11 is 13.3. The predicted molar refractivity (Wildman–Crippen MR) is 64.1 cm³/mol. The van der Waals surface area contributed by atoms with Gasteiger partial charge in [-0.1, -0.05) is 29.3 Å². The minimum atomic E-state index is 0.308. The van der Waals surface area contributed by atoms with Gasteiger partial charge < -0.3 is 0 Å². The lowest BCUT2D eigenvalue weighted by molar-refractivity contribution is 0.944. The van der Waals surface area contributed by atoms with Gasteiger partial charge >= 0.3 is 0 Å².